The molecule has 1 aromatic heterocycles. The number of benzene rings is 1. The minimum absolute atomic E-state index is 0.0603. The van der Waals surface area contributed by atoms with Gasteiger partial charge in [0.1, 0.15) is 0 Å². The number of aromatic nitrogens is 2. The predicted octanol–water partition coefficient (Wildman–Crippen LogP) is 1.87. The molecule has 130 valence electrons. The first kappa shape index (κ1) is 15.6. The molecule has 8 nitrogen and oxygen atoms in total. The first-order chi connectivity index (χ1) is 12.0. The molecule has 3 heterocycles. The van der Waals surface area contributed by atoms with E-state index in [0.717, 1.165) is 6.42 Å². The highest BCUT2D eigenvalue weighted by Crippen LogP contribution is 2.35. The SMILES string of the molecule is Cc1noc(-c2ccccc2C(=O)N2CC3CCN(C(=O)O)CC32)n1. The summed E-state index contributed by atoms with van der Waals surface area (Å²) in [6.07, 6.45) is -0.134. The number of fused-ring (bicyclic) bond motifs is 1. The third kappa shape index (κ3) is 2.63. The fourth-order valence-electron chi connectivity index (χ4n) is 3.62. The van der Waals surface area contributed by atoms with Crippen molar-refractivity contribution >= 4 is 12.0 Å². The number of aryl methyl sites for hydroxylation is 1. The van der Waals surface area contributed by atoms with E-state index in [1.807, 2.05) is 6.07 Å². The van der Waals surface area contributed by atoms with Gasteiger partial charge in [0.15, 0.2) is 5.82 Å². The van der Waals surface area contributed by atoms with E-state index in [1.54, 1.807) is 30.0 Å². The largest absolute Gasteiger partial charge is 0.465 e. The number of carbonyl (C=O) groups excluding carboxylic acids is 1. The summed E-state index contributed by atoms with van der Waals surface area (Å²) in [5.41, 5.74) is 1.10. The van der Waals surface area contributed by atoms with E-state index >= 15 is 0 Å². The molecule has 2 aromatic rings. The second kappa shape index (κ2) is 5.87. The molecule has 2 saturated heterocycles. The maximum atomic E-state index is 13.0. The molecule has 8 heteroatoms. The van der Waals surface area contributed by atoms with Gasteiger partial charge in [-0.2, -0.15) is 4.98 Å². The van der Waals surface area contributed by atoms with Gasteiger partial charge in [0.05, 0.1) is 17.2 Å². The van der Waals surface area contributed by atoms with Crippen LogP contribution in [0.15, 0.2) is 28.8 Å². The normalized spacial score (nSPS) is 22.3. The summed E-state index contributed by atoms with van der Waals surface area (Å²) in [4.78, 5) is 31.6. The fraction of sp³-hybridized carbons (Fsp3) is 0.412. The van der Waals surface area contributed by atoms with Crippen LogP contribution >= 0.6 is 0 Å². The van der Waals surface area contributed by atoms with E-state index in [4.69, 9.17) is 4.52 Å². The lowest BCUT2D eigenvalue weighted by Crippen LogP contribution is -2.66. The molecular formula is C17H18N4O4. The van der Waals surface area contributed by atoms with Crippen molar-refractivity contribution in [1.82, 2.24) is 19.9 Å². The number of carboxylic acid groups (broad SMARTS) is 1. The second-order valence-corrected chi connectivity index (χ2v) is 6.49. The zero-order valence-electron chi connectivity index (χ0n) is 13.8. The van der Waals surface area contributed by atoms with Gasteiger partial charge in [0, 0.05) is 25.6 Å². The monoisotopic (exact) mass is 342 g/mol. The van der Waals surface area contributed by atoms with Crippen LogP contribution in [0.4, 0.5) is 4.79 Å². The number of carbonyl (C=O) groups is 2. The molecule has 2 aliphatic rings. The average molecular weight is 342 g/mol. The number of rotatable bonds is 2. The van der Waals surface area contributed by atoms with Gasteiger partial charge in [-0.3, -0.25) is 4.79 Å². The van der Waals surface area contributed by atoms with Crippen molar-refractivity contribution in [2.45, 2.75) is 19.4 Å². The topological polar surface area (TPSA) is 99.8 Å². The van der Waals surface area contributed by atoms with Crippen molar-refractivity contribution in [1.29, 1.82) is 0 Å². The molecule has 2 atom stereocenters. The second-order valence-electron chi connectivity index (χ2n) is 6.49. The molecule has 1 N–H and O–H groups in total. The van der Waals surface area contributed by atoms with Gasteiger partial charge in [0.25, 0.3) is 11.8 Å². The first-order valence-electron chi connectivity index (χ1n) is 8.23. The lowest BCUT2D eigenvalue weighted by molar-refractivity contribution is -0.0237. The quantitative estimate of drug-likeness (QED) is 0.894. The summed E-state index contributed by atoms with van der Waals surface area (Å²) >= 11 is 0. The van der Waals surface area contributed by atoms with Crippen molar-refractivity contribution in [3.63, 3.8) is 0 Å². The lowest BCUT2D eigenvalue weighted by Gasteiger charge is -2.52. The van der Waals surface area contributed by atoms with Crippen LogP contribution in [0.1, 0.15) is 22.6 Å². The summed E-state index contributed by atoms with van der Waals surface area (Å²) in [6, 6.07) is 7.07. The standard InChI is InChI=1S/C17H18N4O4/c1-10-18-15(25-19-10)12-4-2-3-5-13(12)16(22)21-8-11-6-7-20(17(23)24)9-14(11)21/h2-5,11,14H,6-9H2,1H3,(H,23,24). The van der Waals surface area contributed by atoms with Gasteiger partial charge in [-0.1, -0.05) is 17.3 Å². The maximum absolute atomic E-state index is 13.0. The molecule has 4 rings (SSSR count). The van der Waals surface area contributed by atoms with Crippen molar-refractivity contribution in [2.75, 3.05) is 19.6 Å². The molecule has 2 unspecified atom stereocenters. The van der Waals surface area contributed by atoms with Crippen LogP contribution in [0.3, 0.4) is 0 Å². The fourth-order valence-corrected chi connectivity index (χ4v) is 3.62. The minimum Gasteiger partial charge on any atom is -0.465 e. The van der Waals surface area contributed by atoms with Crippen molar-refractivity contribution in [2.24, 2.45) is 5.92 Å². The molecular weight excluding hydrogens is 324 g/mol. The molecule has 2 fully saturated rings. The summed E-state index contributed by atoms with van der Waals surface area (Å²) in [5, 5.41) is 13.0. The number of hydrogen-bond acceptors (Lipinski definition) is 5. The molecule has 0 aliphatic carbocycles. The van der Waals surface area contributed by atoms with E-state index < -0.39 is 6.09 Å². The predicted molar refractivity (Wildman–Crippen MR) is 87.0 cm³/mol. The van der Waals surface area contributed by atoms with Gasteiger partial charge in [-0.25, -0.2) is 4.79 Å². The Bertz CT molecular complexity index is 834. The van der Waals surface area contributed by atoms with Crippen LogP contribution in [0.25, 0.3) is 11.5 Å². The summed E-state index contributed by atoms with van der Waals surface area (Å²) < 4.78 is 5.21. The maximum Gasteiger partial charge on any atom is 0.407 e. The third-order valence-corrected chi connectivity index (χ3v) is 5.00. The van der Waals surface area contributed by atoms with E-state index in [1.165, 1.54) is 4.90 Å². The molecule has 25 heavy (non-hydrogen) atoms. The molecule has 0 saturated carbocycles. The molecule has 0 bridgehead atoms. The molecule has 2 amide bonds. The van der Waals surface area contributed by atoms with Crippen LogP contribution in [0.5, 0.6) is 0 Å². The summed E-state index contributed by atoms with van der Waals surface area (Å²) in [6.45, 7) is 3.29. The van der Waals surface area contributed by atoms with Gasteiger partial charge in [0.2, 0.25) is 0 Å². The zero-order chi connectivity index (χ0) is 17.6. The van der Waals surface area contributed by atoms with Gasteiger partial charge < -0.3 is 19.4 Å². The minimum atomic E-state index is -0.931. The van der Waals surface area contributed by atoms with Gasteiger partial charge in [-0.05, 0) is 25.5 Å². The van der Waals surface area contributed by atoms with Crippen LogP contribution in [-0.2, 0) is 0 Å². The lowest BCUT2D eigenvalue weighted by atomic mass is 9.81. The Morgan fingerprint density at radius 3 is 2.80 bits per heavy atom. The Hall–Kier alpha value is -2.90. The molecule has 2 aliphatic heterocycles. The number of piperidine rings is 1. The summed E-state index contributed by atoms with van der Waals surface area (Å²) in [5.74, 6) is 1.07. The number of nitrogens with zero attached hydrogens (tertiary/aromatic N) is 4. The van der Waals surface area contributed by atoms with E-state index in [-0.39, 0.29) is 11.9 Å². The van der Waals surface area contributed by atoms with Gasteiger partial charge >= 0.3 is 6.09 Å². The van der Waals surface area contributed by atoms with Crippen LogP contribution in [-0.4, -0.2) is 62.7 Å². The van der Waals surface area contributed by atoms with Crippen molar-refractivity contribution < 1.29 is 19.2 Å². The molecule has 1 aromatic carbocycles. The van der Waals surface area contributed by atoms with Crippen molar-refractivity contribution in [3.05, 3.63) is 35.7 Å². The van der Waals surface area contributed by atoms with Crippen LogP contribution in [0.2, 0.25) is 0 Å². The van der Waals surface area contributed by atoms with Crippen LogP contribution < -0.4 is 0 Å². The highest BCUT2D eigenvalue weighted by Gasteiger charge is 2.46. The Balaban J connectivity index is 1.59. The van der Waals surface area contributed by atoms with E-state index in [0.29, 0.717) is 48.4 Å². The first-order valence-corrected chi connectivity index (χ1v) is 8.23. The number of amides is 2. The van der Waals surface area contributed by atoms with Crippen LogP contribution in [0, 0.1) is 12.8 Å². The number of likely N-dealkylation sites (tertiary alicyclic amines) is 2. The third-order valence-electron chi connectivity index (χ3n) is 5.00. The Morgan fingerprint density at radius 2 is 2.08 bits per heavy atom. The van der Waals surface area contributed by atoms with E-state index in [2.05, 4.69) is 10.1 Å². The Labute approximate surface area is 144 Å². The van der Waals surface area contributed by atoms with Gasteiger partial charge in [-0.15, -0.1) is 0 Å². The highest BCUT2D eigenvalue weighted by atomic mass is 16.5. The van der Waals surface area contributed by atoms with E-state index in [9.17, 15) is 14.7 Å². The highest BCUT2D eigenvalue weighted by molar-refractivity contribution is 6.00. The average Bonchev–Trinajstić information content (AvgIpc) is 3.02. The number of hydrogen-bond donors (Lipinski definition) is 1. The molecule has 0 spiro atoms. The summed E-state index contributed by atoms with van der Waals surface area (Å²) in [7, 11) is 0. The van der Waals surface area contributed by atoms with Crippen molar-refractivity contribution in [3.8, 4) is 11.5 Å². The smallest absolute Gasteiger partial charge is 0.407 e. The zero-order valence-corrected chi connectivity index (χ0v) is 13.8. The Morgan fingerprint density at radius 1 is 1.28 bits per heavy atom. The Kier molecular flexibility index (Phi) is 3.67. The molecule has 0 radical (unpaired) electrons.